The van der Waals surface area contributed by atoms with Gasteiger partial charge < -0.3 is 4.74 Å². The van der Waals surface area contributed by atoms with Gasteiger partial charge in [0.05, 0.1) is 11.5 Å². The van der Waals surface area contributed by atoms with E-state index in [1.807, 2.05) is 13.8 Å². The summed E-state index contributed by atoms with van der Waals surface area (Å²) < 4.78 is 31.7. The van der Waals surface area contributed by atoms with Gasteiger partial charge in [-0.3, -0.25) is 4.79 Å². The van der Waals surface area contributed by atoms with Crippen molar-refractivity contribution in [2.45, 2.75) is 38.1 Å². The summed E-state index contributed by atoms with van der Waals surface area (Å²) in [4.78, 5) is 12.5. The second kappa shape index (κ2) is 8.26. The maximum absolute atomic E-state index is 12.8. The summed E-state index contributed by atoms with van der Waals surface area (Å²) in [5.41, 5.74) is -0.252. The second-order valence-corrected chi connectivity index (χ2v) is 8.66. The molecule has 0 aromatic heterocycles. The van der Waals surface area contributed by atoms with Crippen LogP contribution < -0.4 is 0 Å². The average molecular weight is 406 g/mol. The Morgan fingerprint density at radius 3 is 2.35 bits per heavy atom. The van der Waals surface area contributed by atoms with Gasteiger partial charge in [0, 0.05) is 12.4 Å². The first-order chi connectivity index (χ1) is 10.7. The molecule has 0 amide bonds. The molecular formula is C16H24BrNO4S. The Labute approximate surface area is 147 Å². The van der Waals surface area contributed by atoms with Crippen LogP contribution >= 0.6 is 15.9 Å². The highest BCUT2D eigenvalue weighted by atomic mass is 79.9. The first-order valence-corrected chi connectivity index (χ1v) is 9.97. The minimum Gasteiger partial charge on any atom is -0.465 e. The molecule has 0 bridgehead atoms. The molecule has 0 N–H and O–H groups in total. The number of hydrogen-bond acceptors (Lipinski definition) is 4. The van der Waals surface area contributed by atoms with Gasteiger partial charge >= 0.3 is 5.97 Å². The number of nitrogens with zero attached hydrogens (tertiary/aromatic N) is 1. The van der Waals surface area contributed by atoms with Crippen LogP contribution in [0, 0.1) is 5.41 Å². The zero-order valence-electron chi connectivity index (χ0n) is 14.0. The van der Waals surface area contributed by atoms with Crippen LogP contribution in [0.4, 0.5) is 0 Å². The van der Waals surface area contributed by atoms with Crippen molar-refractivity contribution in [2.75, 3.05) is 19.0 Å². The molecule has 0 aliphatic heterocycles. The van der Waals surface area contributed by atoms with Gasteiger partial charge in [0.2, 0.25) is 10.0 Å². The number of carbonyl (C=O) groups excluding carboxylic acids is 1. The number of ether oxygens (including phenoxy) is 1. The number of esters is 1. The second-order valence-electron chi connectivity index (χ2n) is 6.10. The molecular weight excluding hydrogens is 382 g/mol. The molecule has 0 spiro atoms. The van der Waals surface area contributed by atoms with Crippen LogP contribution in [0.5, 0.6) is 0 Å². The third kappa shape index (κ3) is 5.29. The quantitative estimate of drug-likeness (QED) is 0.492. The van der Waals surface area contributed by atoms with Crippen molar-refractivity contribution < 1.29 is 17.9 Å². The van der Waals surface area contributed by atoms with Gasteiger partial charge in [0.15, 0.2) is 0 Å². The number of rotatable bonds is 8. The fourth-order valence-electron chi connectivity index (χ4n) is 2.10. The molecule has 1 rings (SSSR count). The minimum absolute atomic E-state index is 0.161. The number of benzene rings is 1. The maximum atomic E-state index is 12.8. The standard InChI is InChI=1S/C16H24BrNO4S/c1-5-22-15(19)14(11-16(2,3)12-17)18(4)23(20,21)13-9-7-6-8-10-13/h6-10,14H,5,11-12H2,1-4H3/t14-/m0/s1. The van der Waals surface area contributed by atoms with Crippen LogP contribution in [-0.2, 0) is 19.6 Å². The highest BCUT2D eigenvalue weighted by Crippen LogP contribution is 2.29. The van der Waals surface area contributed by atoms with Crippen LogP contribution in [-0.4, -0.2) is 43.7 Å². The summed E-state index contributed by atoms with van der Waals surface area (Å²) >= 11 is 3.41. The summed E-state index contributed by atoms with van der Waals surface area (Å²) in [5, 5.41) is 0.648. The van der Waals surface area contributed by atoms with Gasteiger partial charge in [-0.1, -0.05) is 48.0 Å². The fourth-order valence-corrected chi connectivity index (χ4v) is 3.66. The molecule has 0 saturated carbocycles. The smallest absolute Gasteiger partial charge is 0.324 e. The molecule has 1 atom stereocenters. The van der Waals surface area contributed by atoms with E-state index < -0.39 is 22.0 Å². The molecule has 5 nitrogen and oxygen atoms in total. The van der Waals surface area contributed by atoms with Crippen molar-refractivity contribution in [3.63, 3.8) is 0 Å². The van der Waals surface area contributed by atoms with E-state index in [1.165, 1.54) is 19.2 Å². The zero-order chi connectivity index (χ0) is 17.7. The van der Waals surface area contributed by atoms with Gasteiger partial charge in [-0.2, -0.15) is 4.31 Å². The van der Waals surface area contributed by atoms with E-state index in [9.17, 15) is 13.2 Å². The Kier molecular flexibility index (Phi) is 7.23. The molecule has 130 valence electrons. The molecule has 0 saturated heterocycles. The van der Waals surface area contributed by atoms with E-state index >= 15 is 0 Å². The van der Waals surface area contributed by atoms with Crippen molar-refractivity contribution in [1.82, 2.24) is 4.31 Å². The van der Waals surface area contributed by atoms with Crippen LogP contribution in [0.25, 0.3) is 0 Å². The van der Waals surface area contributed by atoms with Crippen molar-refractivity contribution >= 4 is 31.9 Å². The molecule has 0 unspecified atom stereocenters. The molecule has 1 aromatic carbocycles. The predicted octanol–water partition coefficient (Wildman–Crippen LogP) is 3.05. The number of hydrogen-bond donors (Lipinski definition) is 0. The molecule has 0 aliphatic rings. The summed E-state index contributed by atoms with van der Waals surface area (Å²) in [5.74, 6) is -0.525. The summed E-state index contributed by atoms with van der Waals surface area (Å²) in [7, 11) is -2.34. The summed E-state index contributed by atoms with van der Waals surface area (Å²) in [6, 6.07) is 7.22. The van der Waals surface area contributed by atoms with E-state index in [4.69, 9.17) is 4.74 Å². The fraction of sp³-hybridized carbons (Fsp3) is 0.562. The van der Waals surface area contributed by atoms with E-state index in [0.29, 0.717) is 11.8 Å². The number of likely N-dealkylation sites (N-methyl/N-ethyl adjacent to an activating group) is 1. The molecule has 0 aliphatic carbocycles. The summed E-state index contributed by atoms with van der Waals surface area (Å²) in [6.07, 6.45) is 0.361. The lowest BCUT2D eigenvalue weighted by Gasteiger charge is -2.32. The topological polar surface area (TPSA) is 63.7 Å². The van der Waals surface area contributed by atoms with Crippen LogP contribution in [0.2, 0.25) is 0 Å². The third-order valence-corrected chi connectivity index (χ3v) is 6.92. The lowest BCUT2D eigenvalue weighted by atomic mass is 9.88. The van der Waals surface area contributed by atoms with Gasteiger partial charge in [0.1, 0.15) is 6.04 Å². The summed E-state index contributed by atoms with van der Waals surface area (Å²) in [6.45, 7) is 5.85. The lowest BCUT2D eigenvalue weighted by Crippen LogP contribution is -2.45. The first kappa shape index (κ1) is 20.1. The zero-order valence-corrected chi connectivity index (χ0v) is 16.4. The van der Waals surface area contributed by atoms with E-state index in [0.717, 1.165) is 4.31 Å². The number of alkyl halides is 1. The van der Waals surface area contributed by atoms with Crippen molar-refractivity contribution in [1.29, 1.82) is 0 Å². The molecule has 0 fully saturated rings. The first-order valence-electron chi connectivity index (χ1n) is 7.41. The SMILES string of the molecule is CCOC(=O)[C@H](CC(C)(C)CBr)N(C)S(=O)(=O)c1ccccc1. The molecule has 1 aromatic rings. The molecule has 23 heavy (non-hydrogen) atoms. The van der Waals surface area contributed by atoms with E-state index in [2.05, 4.69) is 15.9 Å². The Bertz CT molecular complexity index is 616. The van der Waals surface area contributed by atoms with Gasteiger partial charge in [-0.15, -0.1) is 0 Å². The van der Waals surface area contributed by atoms with Gasteiger partial charge in [-0.25, -0.2) is 8.42 Å². The van der Waals surface area contributed by atoms with Crippen molar-refractivity contribution in [3.8, 4) is 0 Å². The average Bonchev–Trinajstić information content (AvgIpc) is 2.53. The lowest BCUT2D eigenvalue weighted by molar-refractivity contribution is -0.148. The third-order valence-electron chi connectivity index (χ3n) is 3.53. The normalized spacial score (nSPS) is 13.8. The highest BCUT2D eigenvalue weighted by molar-refractivity contribution is 9.09. The van der Waals surface area contributed by atoms with Gasteiger partial charge in [-0.05, 0) is 30.9 Å². The monoisotopic (exact) mass is 405 g/mol. The maximum Gasteiger partial charge on any atom is 0.324 e. The minimum atomic E-state index is -3.76. The van der Waals surface area contributed by atoms with Crippen molar-refractivity contribution in [3.05, 3.63) is 30.3 Å². The predicted molar refractivity (Wildman–Crippen MR) is 94.0 cm³/mol. The Morgan fingerprint density at radius 2 is 1.87 bits per heavy atom. The number of carbonyl (C=O) groups is 1. The Balaban J connectivity index is 3.17. The van der Waals surface area contributed by atoms with E-state index in [-0.39, 0.29) is 16.9 Å². The Morgan fingerprint density at radius 1 is 1.30 bits per heavy atom. The van der Waals surface area contributed by atoms with Gasteiger partial charge in [0.25, 0.3) is 0 Å². The Hall–Kier alpha value is -0.920. The molecule has 0 radical (unpaired) electrons. The molecule has 7 heteroatoms. The van der Waals surface area contributed by atoms with Crippen LogP contribution in [0.1, 0.15) is 27.2 Å². The van der Waals surface area contributed by atoms with Crippen LogP contribution in [0.15, 0.2) is 35.2 Å². The number of halogens is 1. The molecule has 0 heterocycles. The van der Waals surface area contributed by atoms with E-state index in [1.54, 1.807) is 25.1 Å². The van der Waals surface area contributed by atoms with Crippen LogP contribution in [0.3, 0.4) is 0 Å². The largest absolute Gasteiger partial charge is 0.465 e. The highest BCUT2D eigenvalue weighted by Gasteiger charge is 2.37. The number of sulfonamides is 1. The van der Waals surface area contributed by atoms with Crippen molar-refractivity contribution in [2.24, 2.45) is 5.41 Å².